The molecule has 0 aliphatic rings. The largest absolute Gasteiger partial charge is 0.513 e. The lowest BCUT2D eigenvalue weighted by Gasteiger charge is -2.00. The van der Waals surface area contributed by atoms with E-state index in [1.54, 1.807) is 19.1 Å². The Balaban J connectivity index is 2.77. The number of carbonyl (C=O) groups is 2. The van der Waals surface area contributed by atoms with E-state index in [9.17, 15) is 9.59 Å². The van der Waals surface area contributed by atoms with Gasteiger partial charge in [0.1, 0.15) is 6.26 Å². The molecule has 0 aliphatic carbocycles. The first-order chi connectivity index (χ1) is 8.71. The van der Waals surface area contributed by atoms with Gasteiger partial charge in [-0.1, -0.05) is 0 Å². The van der Waals surface area contributed by atoms with Crippen LogP contribution in [0.25, 0.3) is 0 Å². The highest BCUT2D eigenvalue weighted by atomic mass is 16.5. The molecule has 0 aliphatic heterocycles. The fourth-order valence-corrected chi connectivity index (χ4v) is 1.07. The number of benzene rings is 1. The monoisotopic (exact) mass is 248 g/mol. The smallest absolute Gasteiger partial charge is 0.338 e. The quantitative estimate of drug-likeness (QED) is 0.285. The first-order valence-electron chi connectivity index (χ1n) is 5.19. The summed E-state index contributed by atoms with van der Waals surface area (Å²) in [5.41, 5.74) is 0.665. The third-order valence-corrected chi connectivity index (χ3v) is 1.91. The van der Waals surface area contributed by atoms with Crippen LogP contribution in [-0.2, 0) is 9.53 Å². The van der Waals surface area contributed by atoms with Gasteiger partial charge in [-0.3, -0.25) is 4.79 Å². The standard InChI is InChI=1S/C12H12N2O4/c1-2-18-12(17)9-3-5-10(6-4-9)13-14-11(7-15)8-16/h3-8,15H,2H2,1H3/b11-7-,14-13?. The third kappa shape index (κ3) is 3.82. The first kappa shape index (κ1) is 13.6. The number of nitrogens with zero attached hydrogens (tertiary/aromatic N) is 2. The van der Waals surface area contributed by atoms with Gasteiger partial charge in [-0.05, 0) is 31.2 Å². The topological polar surface area (TPSA) is 88.3 Å². The molecular weight excluding hydrogens is 236 g/mol. The van der Waals surface area contributed by atoms with Crippen LogP contribution in [0.1, 0.15) is 17.3 Å². The van der Waals surface area contributed by atoms with Crippen molar-refractivity contribution in [3.05, 3.63) is 41.8 Å². The zero-order chi connectivity index (χ0) is 13.4. The summed E-state index contributed by atoms with van der Waals surface area (Å²) in [6.45, 7) is 2.03. The van der Waals surface area contributed by atoms with Crippen LogP contribution in [0.2, 0.25) is 0 Å². The molecule has 94 valence electrons. The number of azo groups is 1. The minimum Gasteiger partial charge on any atom is -0.513 e. The molecule has 18 heavy (non-hydrogen) atoms. The normalized spacial score (nSPS) is 11.5. The van der Waals surface area contributed by atoms with Crippen LogP contribution < -0.4 is 0 Å². The molecule has 1 aromatic rings. The molecule has 1 aromatic carbocycles. The van der Waals surface area contributed by atoms with Gasteiger partial charge in [0.15, 0.2) is 12.0 Å². The summed E-state index contributed by atoms with van der Waals surface area (Å²) in [6.07, 6.45) is 0.931. The van der Waals surface area contributed by atoms with Crippen LogP contribution in [0.4, 0.5) is 5.69 Å². The predicted octanol–water partition coefficient (Wildman–Crippen LogP) is 2.55. The number of allylic oxidation sites excluding steroid dienone is 1. The van der Waals surface area contributed by atoms with E-state index in [1.165, 1.54) is 12.1 Å². The van der Waals surface area contributed by atoms with Crippen LogP contribution in [0, 0.1) is 0 Å². The molecule has 0 atom stereocenters. The molecule has 0 heterocycles. The maximum absolute atomic E-state index is 11.3. The average molecular weight is 248 g/mol. The molecule has 0 amide bonds. The van der Waals surface area contributed by atoms with Crippen molar-refractivity contribution in [2.75, 3.05) is 6.61 Å². The molecule has 0 unspecified atom stereocenters. The number of aldehydes is 1. The summed E-state index contributed by atoms with van der Waals surface area (Å²) in [5, 5.41) is 15.8. The van der Waals surface area contributed by atoms with E-state index in [0.717, 1.165) is 0 Å². The summed E-state index contributed by atoms with van der Waals surface area (Å²) in [5.74, 6) is -0.412. The van der Waals surface area contributed by atoms with E-state index in [4.69, 9.17) is 9.84 Å². The number of hydrogen-bond donors (Lipinski definition) is 1. The molecule has 0 aromatic heterocycles. The lowest BCUT2D eigenvalue weighted by molar-refractivity contribution is -0.105. The van der Waals surface area contributed by atoms with E-state index in [2.05, 4.69) is 10.2 Å². The Morgan fingerprint density at radius 2 is 2.06 bits per heavy atom. The number of aliphatic hydroxyl groups excluding tert-OH is 1. The van der Waals surface area contributed by atoms with E-state index in [1.807, 2.05) is 0 Å². The number of carbonyl (C=O) groups excluding carboxylic acids is 2. The predicted molar refractivity (Wildman–Crippen MR) is 63.7 cm³/mol. The van der Waals surface area contributed by atoms with Crippen molar-refractivity contribution in [2.45, 2.75) is 6.92 Å². The molecule has 0 saturated carbocycles. The van der Waals surface area contributed by atoms with Crippen molar-refractivity contribution in [3.8, 4) is 0 Å². The summed E-state index contributed by atoms with van der Waals surface area (Å²) >= 11 is 0. The Kier molecular flexibility index (Phi) is 5.24. The van der Waals surface area contributed by atoms with Gasteiger partial charge >= 0.3 is 5.97 Å². The molecule has 0 saturated heterocycles. The van der Waals surface area contributed by atoms with Crippen LogP contribution >= 0.6 is 0 Å². The number of ether oxygens (including phenoxy) is 1. The zero-order valence-corrected chi connectivity index (χ0v) is 9.74. The van der Waals surface area contributed by atoms with Crippen LogP contribution in [-0.4, -0.2) is 24.0 Å². The molecule has 0 bridgehead atoms. The summed E-state index contributed by atoms with van der Waals surface area (Å²) < 4.78 is 4.82. The highest BCUT2D eigenvalue weighted by Gasteiger charge is 2.05. The minimum atomic E-state index is -0.412. The van der Waals surface area contributed by atoms with Crippen molar-refractivity contribution in [2.24, 2.45) is 10.2 Å². The molecule has 0 radical (unpaired) electrons. The average Bonchev–Trinajstić information content (AvgIpc) is 2.41. The highest BCUT2D eigenvalue weighted by Crippen LogP contribution is 2.15. The van der Waals surface area contributed by atoms with Crippen molar-refractivity contribution >= 4 is 17.9 Å². The van der Waals surface area contributed by atoms with E-state index in [0.29, 0.717) is 30.4 Å². The van der Waals surface area contributed by atoms with Crippen molar-refractivity contribution in [1.29, 1.82) is 0 Å². The highest BCUT2D eigenvalue weighted by molar-refractivity contribution is 5.89. The Hall–Kier alpha value is -2.50. The Morgan fingerprint density at radius 1 is 1.39 bits per heavy atom. The Labute approximate surface area is 104 Å². The van der Waals surface area contributed by atoms with Gasteiger partial charge in [0.05, 0.1) is 17.9 Å². The van der Waals surface area contributed by atoms with Crippen molar-refractivity contribution < 1.29 is 19.4 Å². The minimum absolute atomic E-state index is 0.190. The zero-order valence-electron chi connectivity index (χ0n) is 9.74. The van der Waals surface area contributed by atoms with E-state index < -0.39 is 5.97 Å². The molecule has 6 nitrogen and oxygen atoms in total. The Morgan fingerprint density at radius 3 is 2.56 bits per heavy atom. The van der Waals surface area contributed by atoms with Gasteiger partial charge in [-0.15, -0.1) is 5.11 Å². The molecule has 1 rings (SSSR count). The summed E-state index contributed by atoms with van der Waals surface area (Å²) in [6, 6.07) is 6.18. The summed E-state index contributed by atoms with van der Waals surface area (Å²) in [4.78, 5) is 21.7. The van der Waals surface area contributed by atoms with E-state index >= 15 is 0 Å². The van der Waals surface area contributed by atoms with Gasteiger partial charge in [-0.2, -0.15) is 5.11 Å². The number of rotatable bonds is 5. The van der Waals surface area contributed by atoms with Gasteiger partial charge in [0.25, 0.3) is 0 Å². The van der Waals surface area contributed by atoms with Crippen molar-refractivity contribution in [3.63, 3.8) is 0 Å². The number of hydrogen-bond acceptors (Lipinski definition) is 6. The molecule has 0 spiro atoms. The fourth-order valence-electron chi connectivity index (χ4n) is 1.07. The molecular formula is C12H12N2O4. The van der Waals surface area contributed by atoms with Gasteiger partial charge < -0.3 is 9.84 Å². The second-order valence-corrected chi connectivity index (χ2v) is 3.14. The van der Waals surface area contributed by atoms with Crippen molar-refractivity contribution in [1.82, 2.24) is 0 Å². The van der Waals surface area contributed by atoms with Gasteiger partial charge in [0.2, 0.25) is 0 Å². The third-order valence-electron chi connectivity index (χ3n) is 1.91. The second kappa shape index (κ2) is 6.95. The van der Waals surface area contributed by atoms with Gasteiger partial charge in [0, 0.05) is 0 Å². The maximum atomic E-state index is 11.3. The molecule has 0 fully saturated rings. The lowest BCUT2D eigenvalue weighted by atomic mass is 10.2. The molecule has 6 heteroatoms. The SMILES string of the molecule is CCOC(=O)c1ccc(N=N/C(C=O)=C\O)cc1. The first-order valence-corrected chi connectivity index (χ1v) is 5.19. The van der Waals surface area contributed by atoms with Gasteiger partial charge in [-0.25, -0.2) is 4.79 Å². The second-order valence-electron chi connectivity index (χ2n) is 3.14. The maximum Gasteiger partial charge on any atom is 0.338 e. The van der Waals surface area contributed by atoms with Crippen LogP contribution in [0.15, 0.2) is 46.5 Å². The lowest BCUT2D eigenvalue weighted by Crippen LogP contribution is -2.03. The van der Waals surface area contributed by atoms with E-state index in [-0.39, 0.29) is 5.70 Å². The van der Waals surface area contributed by atoms with Crippen LogP contribution in [0.3, 0.4) is 0 Å². The summed E-state index contributed by atoms with van der Waals surface area (Å²) in [7, 11) is 0. The number of aliphatic hydroxyl groups is 1. The Bertz CT molecular complexity index is 477. The molecule has 1 N–H and O–H groups in total. The number of esters is 1. The fraction of sp³-hybridized carbons (Fsp3) is 0.167. The van der Waals surface area contributed by atoms with Crippen LogP contribution in [0.5, 0.6) is 0 Å².